The lowest BCUT2D eigenvalue weighted by Crippen LogP contribution is -2.51. The molecule has 4 aliphatic carbocycles. The van der Waals surface area contributed by atoms with E-state index in [2.05, 4.69) is 32.0 Å². The quantitative estimate of drug-likeness (QED) is 0.114. The minimum absolute atomic E-state index is 0.00318. The Morgan fingerprint density at radius 3 is 2.62 bits per heavy atom. The van der Waals surface area contributed by atoms with Crippen LogP contribution in [0.1, 0.15) is 91.5 Å². The standard InChI is InChI=1S/C38H50ClNO7/c1-23(40-44-21-26-7-6-8-28(39)19-26)31-11-12-32-30-10-9-27-20-29(15-17-37(27,4)33(30)16-18-38(31,32)5)46-36-14-13-34(45-25(3)42)35(47-36)22-43-24(2)41/h6-9,13-14,19,29-36H,10-12,15-18,20-22H2,1-5H3/b40-23+/t29-,30?,31+,32?,33?,34-,35+,36?,37-,38+/m0/s1. The van der Waals surface area contributed by atoms with Crippen molar-refractivity contribution in [1.29, 1.82) is 0 Å². The van der Waals surface area contributed by atoms with Crippen LogP contribution in [-0.2, 0) is 40.0 Å². The summed E-state index contributed by atoms with van der Waals surface area (Å²) in [5.41, 5.74) is 4.12. The van der Waals surface area contributed by atoms with Gasteiger partial charge in [-0.15, -0.1) is 0 Å². The number of nitrogens with zero attached hydrogens (tertiary/aromatic N) is 1. The van der Waals surface area contributed by atoms with Crippen LogP contribution in [0.25, 0.3) is 0 Å². The van der Waals surface area contributed by atoms with Crippen LogP contribution in [0.5, 0.6) is 0 Å². The van der Waals surface area contributed by atoms with Crippen molar-refractivity contribution in [2.45, 2.75) is 117 Å². The molecule has 0 bridgehead atoms. The van der Waals surface area contributed by atoms with Crippen molar-refractivity contribution in [3.8, 4) is 0 Å². The van der Waals surface area contributed by atoms with Crippen molar-refractivity contribution in [2.24, 2.45) is 39.7 Å². The zero-order valence-corrected chi connectivity index (χ0v) is 29.2. The molecule has 6 rings (SSSR count). The van der Waals surface area contributed by atoms with Gasteiger partial charge in [0.05, 0.1) is 11.8 Å². The zero-order valence-electron chi connectivity index (χ0n) is 28.4. The molecule has 0 amide bonds. The second kappa shape index (κ2) is 14.0. The Kier molecular flexibility index (Phi) is 10.2. The van der Waals surface area contributed by atoms with Crippen LogP contribution in [0.15, 0.2) is 53.2 Å². The molecule has 9 heteroatoms. The van der Waals surface area contributed by atoms with Crippen molar-refractivity contribution < 1.29 is 33.4 Å². The summed E-state index contributed by atoms with van der Waals surface area (Å²) in [6.45, 7) is 10.3. The number of carbonyl (C=O) groups is 2. The molecule has 0 aromatic heterocycles. The number of hydrogen-bond donors (Lipinski definition) is 0. The Balaban J connectivity index is 1.08. The lowest BCUT2D eigenvalue weighted by atomic mass is 9.47. The first-order valence-electron chi connectivity index (χ1n) is 17.4. The van der Waals surface area contributed by atoms with E-state index < -0.39 is 30.4 Å². The van der Waals surface area contributed by atoms with Gasteiger partial charge in [0.15, 0.2) is 6.29 Å². The molecule has 10 atom stereocenters. The average molecular weight is 668 g/mol. The fraction of sp³-hybridized carbons (Fsp3) is 0.658. The van der Waals surface area contributed by atoms with E-state index in [1.807, 2.05) is 30.3 Å². The van der Waals surface area contributed by atoms with Gasteiger partial charge < -0.3 is 23.8 Å². The summed E-state index contributed by atoms with van der Waals surface area (Å²) in [4.78, 5) is 28.9. The highest BCUT2D eigenvalue weighted by molar-refractivity contribution is 6.30. The summed E-state index contributed by atoms with van der Waals surface area (Å²) >= 11 is 6.14. The first kappa shape index (κ1) is 34.2. The third kappa shape index (κ3) is 7.20. The molecule has 8 nitrogen and oxygen atoms in total. The Hall–Kier alpha value is -2.68. The highest BCUT2D eigenvalue weighted by Crippen LogP contribution is 2.66. The van der Waals surface area contributed by atoms with Gasteiger partial charge in [0.2, 0.25) is 0 Å². The van der Waals surface area contributed by atoms with Gasteiger partial charge >= 0.3 is 11.9 Å². The number of halogens is 1. The van der Waals surface area contributed by atoms with Crippen LogP contribution >= 0.6 is 11.6 Å². The average Bonchev–Trinajstić information content (AvgIpc) is 3.38. The molecule has 1 heterocycles. The number of carbonyl (C=O) groups excluding carboxylic acids is 2. The number of hydrogen-bond acceptors (Lipinski definition) is 8. The number of benzene rings is 1. The maximum atomic E-state index is 11.6. The maximum Gasteiger partial charge on any atom is 0.303 e. The molecule has 0 spiro atoms. The van der Waals surface area contributed by atoms with E-state index in [1.165, 1.54) is 45.1 Å². The summed E-state index contributed by atoms with van der Waals surface area (Å²) in [5, 5.41) is 5.35. The predicted octanol–water partition coefficient (Wildman–Crippen LogP) is 7.97. The minimum atomic E-state index is -0.622. The van der Waals surface area contributed by atoms with Crippen LogP contribution < -0.4 is 0 Å². The van der Waals surface area contributed by atoms with E-state index in [0.29, 0.717) is 35.3 Å². The lowest BCUT2D eigenvalue weighted by molar-refractivity contribution is -0.213. The van der Waals surface area contributed by atoms with Crippen molar-refractivity contribution in [2.75, 3.05) is 6.61 Å². The van der Waals surface area contributed by atoms with Crippen LogP contribution in [0.4, 0.5) is 0 Å². The third-order valence-electron chi connectivity index (χ3n) is 12.1. The van der Waals surface area contributed by atoms with Gasteiger partial charge in [-0.25, -0.2) is 0 Å². The number of allylic oxidation sites excluding steroid dienone is 1. The Labute approximate surface area is 284 Å². The highest BCUT2D eigenvalue weighted by atomic mass is 35.5. The van der Waals surface area contributed by atoms with Crippen molar-refractivity contribution in [3.05, 3.63) is 58.7 Å². The molecule has 1 aromatic rings. The number of rotatable bonds is 9. The Morgan fingerprint density at radius 2 is 1.85 bits per heavy atom. The topological polar surface area (TPSA) is 92.7 Å². The summed E-state index contributed by atoms with van der Waals surface area (Å²) in [7, 11) is 0. The molecule has 0 radical (unpaired) electrons. The Bertz CT molecular complexity index is 1420. The SMILES string of the molecule is CC(=O)OC[C@H]1OC(O[C@H]2CC[C@@]3(C)C(=CCC4C3CC[C@@]3(C)C4CC[C@@H]3/C(C)=N/OCc3cccc(Cl)c3)C2)C=C[C@@H]1OC(C)=O. The molecular formula is C38H50ClNO7. The molecule has 256 valence electrons. The molecule has 5 aliphatic rings. The zero-order chi connectivity index (χ0) is 33.3. The normalized spacial score (nSPS) is 38.0. The van der Waals surface area contributed by atoms with Crippen molar-refractivity contribution in [1.82, 2.24) is 0 Å². The van der Waals surface area contributed by atoms with Crippen LogP contribution in [0.3, 0.4) is 0 Å². The fourth-order valence-electron chi connectivity index (χ4n) is 9.86. The summed E-state index contributed by atoms with van der Waals surface area (Å²) in [5.74, 6) is 1.68. The largest absolute Gasteiger partial charge is 0.463 e. The molecule has 1 aliphatic heterocycles. The summed E-state index contributed by atoms with van der Waals surface area (Å²) < 4.78 is 23.2. The Morgan fingerprint density at radius 1 is 1.02 bits per heavy atom. The molecule has 3 fully saturated rings. The number of fused-ring (bicyclic) bond motifs is 5. The van der Waals surface area contributed by atoms with Gasteiger partial charge in [0, 0.05) is 24.8 Å². The van der Waals surface area contributed by atoms with Gasteiger partial charge in [-0.3, -0.25) is 9.59 Å². The van der Waals surface area contributed by atoms with E-state index in [9.17, 15) is 9.59 Å². The highest BCUT2D eigenvalue weighted by Gasteiger charge is 2.59. The number of esters is 2. The smallest absolute Gasteiger partial charge is 0.303 e. The predicted molar refractivity (Wildman–Crippen MR) is 179 cm³/mol. The summed E-state index contributed by atoms with van der Waals surface area (Å²) in [6.07, 6.45) is 13.3. The van der Waals surface area contributed by atoms with E-state index in [-0.39, 0.29) is 23.5 Å². The monoisotopic (exact) mass is 667 g/mol. The fourth-order valence-corrected chi connectivity index (χ4v) is 10.1. The third-order valence-corrected chi connectivity index (χ3v) is 12.3. The van der Waals surface area contributed by atoms with Crippen LogP contribution in [0.2, 0.25) is 5.02 Å². The number of oxime groups is 1. The molecule has 1 aromatic carbocycles. The molecule has 4 unspecified atom stereocenters. The van der Waals surface area contributed by atoms with Gasteiger partial charge in [-0.05, 0) is 117 Å². The summed E-state index contributed by atoms with van der Waals surface area (Å²) in [6, 6.07) is 7.76. The molecule has 47 heavy (non-hydrogen) atoms. The molecule has 0 saturated heterocycles. The van der Waals surface area contributed by atoms with Crippen molar-refractivity contribution in [3.63, 3.8) is 0 Å². The van der Waals surface area contributed by atoms with Crippen molar-refractivity contribution >= 4 is 29.3 Å². The molecular weight excluding hydrogens is 618 g/mol. The molecule has 3 saturated carbocycles. The lowest BCUT2D eigenvalue weighted by Gasteiger charge is -2.58. The second-order valence-electron chi connectivity index (χ2n) is 14.9. The second-order valence-corrected chi connectivity index (χ2v) is 15.3. The minimum Gasteiger partial charge on any atom is -0.463 e. The molecule has 0 N–H and O–H groups in total. The van der Waals surface area contributed by atoms with Gasteiger partial charge in [-0.1, -0.05) is 54.4 Å². The number of ether oxygens (including phenoxy) is 4. The van der Waals surface area contributed by atoms with Crippen LogP contribution in [-0.4, -0.2) is 48.9 Å². The van der Waals surface area contributed by atoms with Crippen LogP contribution in [0, 0.1) is 34.5 Å². The van der Waals surface area contributed by atoms with Gasteiger partial charge in [0.25, 0.3) is 0 Å². The first-order valence-corrected chi connectivity index (χ1v) is 17.7. The maximum absolute atomic E-state index is 11.6. The van der Waals surface area contributed by atoms with E-state index in [1.54, 1.807) is 6.08 Å². The van der Waals surface area contributed by atoms with E-state index >= 15 is 0 Å². The van der Waals surface area contributed by atoms with E-state index in [0.717, 1.165) is 37.0 Å². The van der Waals surface area contributed by atoms with E-state index in [4.69, 9.17) is 35.4 Å². The van der Waals surface area contributed by atoms with Gasteiger partial charge in [-0.2, -0.15) is 0 Å². The first-order chi connectivity index (χ1) is 22.5. The van der Waals surface area contributed by atoms with Gasteiger partial charge in [0.1, 0.15) is 25.4 Å².